The summed E-state index contributed by atoms with van der Waals surface area (Å²) < 4.78 is 29.3. The molecule has 0 saturated carbocycles. The van der Waals surface area contributed by atoms with Crippen molar-refractivity contribution in [3.8, 4) is 5.88 Å². The number of pyridine rings is 1. The van der Waals surface area contributed by atoms with Gasteiger partial charge in [0.05, 0.1) is 7.11 Å². The third-order valence-electron chi connectivity index (χ3n) is 1.59. The smallest absolute Gasteiger partial charge is 0.342 e. The van der Waals surface area contributed by atoms with Gasteiger partial charge in [0, 0.05) is 4.47 Å². The molecule has 0 aliphatic heterocycles. The van der Waals surface area contributed by atoms with Gasteiger partial charge in [-0.25, -0.2) is 18.6 Å². The SMILES string of the molecule is COc1nc(C(F)F)cc(Br)c1C(=O)O. The van der Waals surface area contributed by atoms with Crippen LogP contribution in [0.1, 0.15) is 22.5 Å². The number of hydrogen-bond acceptors (Lipinski definition) is 3. The quantitative estimate of drug-likeness (QED) is 0.925. The molecule has 0 fully saturated rings. The number of carboxylic acid groups (broad SMARTS) is 1. The first-order chi connectivity index (χ1) is 6.97. The second kappa shape index (κ2) is 4.52. The summed E-state index contributed by atoms with van der Waals surface area (Å²) in [5, 5.41) is 8.77. The van der Waals surface area contributed by atoms with E-state index in [0.29, 0.717) is 0 Å². The zero-order chi connectivity index (χ0) is 11.6. The maximum atomic E-state index is 12.3. The molecule has 0 radical (unpaired) electrons. The predicted molar refractivity (Wildman–Crippen MR) is 50.4 cm³/mol. The average molecular weight is 282 g/mol. The van der Waals surface area contributed by atoms with Crippen LogP contribution in [0, 0.1) is 0 Å². The van der Waals surface area contributed by atoms with Crippen molar-refractivity contribution >= 4 is 21.9 Å². The number of aromatic carboxylic acids is 1. The second-order valence-corrected chi connectivity index (χ2v) is 3.37. The lowest BCUT2D eigenvalue weighted by molar-refractivity contribution is 0.0690. The van der Waals surface area contributed by atoms with Crippen LogP contribution in [0.15, 0.2) is 10.5 Å². The molecule has 4 nitrogen and oxygen atoms in total. The zero-order valence-electron chi connectivity index (χ0n) is 7.50. The van der Waals surface area contributed by atoms with Gasteiger partial charge in [-0.2, -0.15) is 0 Å². The number of ether oxygens (including phenoxy) is 1. The summed E-state index contributed by atoms with van der Waals surface area (Å²) in [5.74, 6) is -1.64. The van der Waals surface area contributed by atoms with Crippen molar-refractivity contribution in [1.29, 1.82) is 0 Å². The summed E-state index contributed by atoms with van der Waals surface area (Å²) in [4.78, 5) is 14.1. The highest BCUT2D eigenvalue weighted by atomic mass is 79.9. The van der Waals surface area contributed by atoms with Crippen LogP contribution in [0.25, 0.3) is 0 Å². The number of aromatic nitrogens is 1. The maximum Gasteiger partial charge on any atom is 0.342 e. The fourth-order valence-electron chi connectivity index (χ4n) is 0.963. The van der Waals surface area contributed by atoms with E-state index in [1.165, 1.54) is 0 Å². The fourth-order valence-corrected chi connectivity index (χ4v) is 1.54. The molecule has 82 valence electrons. The van der Waals surface area contributed by atoms with Crippen LogP contribution in [0.3, 0.4) is 0 Å². The Hall–Kier alpha value is -1.24. The summed E-state index contributed by atoms with van der Waals surface area (Å²) in [6.45, 7) is 0. The van der Waals surface area contributed by atoms with E-state index in [1.54, 1.807) is 0 Å². The largest absolute Gasteiger partial charge is 0.480 e. The Labute approximate surface area is 92.0 Å². The zero-order valence-corrected chi connectivity index (χ0v) is 9.09. The molecular formula is C8H6BrF2NO3. The van der Waals surface area contributed by atoms with Gasteiger partial charge >= 0.3 is 5.97 Å². The Kier molecular flexibility index (Phi) is 3.57. The normalized spacial score (nSPS) is 10.5. The highest BCUT2D eigenvalue weighted by molar-refractivity contribution is 9.10. The minimum absolute atomic E-state index is 0.0113. The van der Waals surface area contributed by atoms with E-state index in [0.717, 1.165) is 13.2 Å². The topological polar surface area (TPSA) is 59.4 Å². The minimum atomic E-state index is -2.78. The number of carbonyl (C=O) groups is 1. The first kappa shape index (κ1) is 11.8. The standard InChI is InChI=1S/C8H6BrF2NO3/c1-15-7-5(8(13)14)3(9)2-4(12-7)6(10)11/h2,6H,1H3,(H,13,14). The van der Waals surface area contributed by atoms with E-state index in [9.17, 15) is 13.6 Å². The number of nitrogens with zero attached hydrogens (tertiary/aromatic N) is 1. The molecule has 0 bridgehead atoms. The van der Waals surface area contributed by atoms with Crippen LogP contribution < -0.4 is 4.74 Å². The summed E-state index contributed by atoms with van der Waals surface area (Å²) in [6, 6.07) is 0.955. The Morgan fingerprint density at radius 3 is 2.67 bits per heavy atom. The van der Waals surface area contributed by atoms with Crippen molar-refractivity contribution in [2.24, 2.45) is 0 Å². The Morgan fingerprint density at radius 1 is 1.67 bits per heavy atom. The molecule has 0 aliphatic carbocycles. The lowest BCUT2D eigenvalue weighted by Gasteiger charge is -2.08. The highest BCUT2D eigenvalue weighted by Crippen LogP contribution is 2.29. The molecule has 1 heterocycles. The van der Waals surface area contributed by atoms with E-state index in [1.807, 2.05) is 0 Å². The molecule has 1 rings (SSSR count). The van der Waals surface area contributed by atoms with Crippen molar-refractivity contribution in [3.05, 3.63) is 21.8 Å². The number of carboxylic acids is 1. The summed E-state index contributed by atoms with van der Waals surface area (Å²) in [5.41, 5.74) is -0.814. The van der Waals surface area contributed by atoms with Crippen LogP contribution >= 0.6 is 15.9 Å². The third kappa shape index (κ3) is 2.41. The van der Waals surface area contributed by atoms with E-state index < -0.39 is 18.1 Å². The molecule has 0 spiro atoms. The number of hydrogen-bond donors (Lipinski definition) is 1. The van der Waals surface area contributed by atoms with E-state index in [-0.39, 0.29) is 15.9 Å². The Morgan fingerprint density at radius 2 is 2.27 bits per heavy atom. The molecule has 0 atom stereocenters. The van der Waals surface area contributed by atoms with Crippen LogP contribution in [0.4, 0.5) is 8.78 Å². The summed E-state index contributed by atoms with van der Waals surface area (Å²) >= 11 is 2.87. The molecule has 0 aromatic carbocycles. The summed E-state index contributed by atoms with van der Waals surface area (Å²) in [7, 11) is 1.16. The van der Waals surface area contributed by atoms with Crippen LogP contribution in [0.5, 0.6) is 5.88 Å². The predicted octanol–water partition coefficient (Wildman–Crippen LogP) is 2.49. The summed E-state index contributed by atoms with van der Waals surface area (Å²) in [6.07, 6.45) is -2.78. The van der Waals surface area contributed by atoms with Crippen molar-refractivity contribution in [1.82, 2.24) is 4.98 Å². The monoisotopic (exact) mass is 281 g/mol. The first-order valence-electron chi connectivity index (χ1n) is 3.73. The highest BCUT2D eigenvalue weighted by Gasteiger charge is 2.21. The van der Waals surface area contributed by atoms with Gasteiger partial charge in [0.2, 0.25) is 5.88 Å². The van der Waals surface area contributed by atoms with Gasteiger partial charge in [-0.15, -0.1) is 0 Å². The average Bonchev–Trinajstić information content (AvgIpc) is 2.15. The molecular weight excluding hydrogens is 276 g/mol. The van der Waals surface area contributed by atoms with Gasteiger partial charge in [0.15, 0.2) is 0 Å². The van der Waals surface area contributed by atoms with Gasteiger partial charge in [-0.3, -0.25) is 0 Å². The molecule has 0 saturated heterocycles. The molecule has 1 aromatic heterocycles. The minimum Gasteiger partial charge on any atom is -0.480 e. The molecule has 0 unspecified atom stereocenters. The Balaban J connectivity index is 3.37. The van der Waals surface area contributed by atoms with Gasteiger partial charge < -0.3 is 9.84 Å². The molecule has 1 aromatic rings. The molecule has 15 heavy (non-hydrogen) atoms. The van der Waals surface area contributed by atoms with E-state index in [4.69, 9.17) is 5.11 Å². The van der Waals surface area contributed by atoms with Crippen molar-refractivity contribution in [3.63, 3.8) is 0 Å². The van der Waals surface area contributed by atoms with Crippen LogP contribution in [-0.4, -0.2) is 23.2 Å². The Bertz CT molecular complexity index is 398. The number of rotatable bonds is 3. The molecule has 0 aliphatic rings. The number of halogens is 3. The molecule has 0 amide bonds. The first-order valence-corrected chi connectivity index (χ1v) is 4.52. The van der Waals surface area contributed by atoms with Crippen LogP contribution in [-0.2, 0) is 0 Å². The van der Waals surface area contributed by atoms with Crippen molar-refractivity contribution in [2.45, 2.75) is 6.43 Å². The third-order valence-corrected chi connectivity index (χ3v) is 2.21. The van der Waals surface area contributed by atoms with Gasteiger partial charge in [-0.1, -0.05) is 0 Å². The van der Waals surface area contributed by atoms with E-state index in [2.05, 4.69) is 25.7 Å². The van der Waals surface area contributed by atoms with Gasteiger partial charge in [0.1, 0.15) is 11.3 Å². The van der Waals surface area contributed by atoms with Crippen molar-refractivity contribution in [2.75, 3.05) is 7.11 Å². The number of alkyl halides is 2. The van der Waals surface area contributed by atoms with Crippen LogP contribution in [0.2, 0.25) is 0 Å². The number of methoxy groups -OCH3 is 1. The lowest BCUT2D eigenvalue weighted by atomic mass is 10.2. The molecule has 7 heteroatoms. The van der Waals surface area contributed by atoms with Gasteiger partial charge in [-0.05, 0) is 22.0 Å². The maximum absolute atomic E-state index is 12.3. The van der Waals surface area contributed by atoms with E-state index >= 15 is 0 Å². The second-order valence-electron chi connectivity index (χ2n) is 2.52. The fraction of sp³-hybridized carbons (Fsp3) is 0.250. The molecule has 1 N–H and O–H groups in total. The van der Waals surface area contributed by atoms with Crippen molar-refractivity contribution < 1.29 is 23.4 Å². The van der Waals surface area contributed by atoms with Gasteiger partial charge in [0.25, 0.3) is 6.43 Å². The lowest BCUT2D eigenvalue weighted by Crippen LogP contribution is -2.06.